The zero-order chi connectivity index (χ0) is 38.6. The minimum Gasteiger partial charge on any atom is -0.458 e. The Bertz CT molecular complexity index is 3420. The summed E-state index contributed by atoms with van der Waals surface area (Å²) < 4.78 is 19.8. The number of allylic oxidation sites excluding steroid dienone is 4. The molecule has 0 radical (unpaired) electrons. The summed E-state index contributed by atoms with van der Waals surface area (Å²) in [5.74, 6) is 3.47. The van der Waals surface area contributed by atoms with Gasteiger partial charge >= 0.3 is 0 Å². The van der Waals surface area contributed by atoms with E-state index >= 15 is 0 Å². The molecule has 0 saturated heterocycles. The minimum atomic E-state index is -0.167. The highest BCUT2D eigenvalue weighted by molar-refractivity contribution is 6.98. The van der Waals surface area contributed by atoms with Crippen LogP contribution in [0.1, 0.15) is 12.5 Å². The number of hydrogen-bond acceptors (Lipinski definition) is 2. The number of rotatable bonds is 4. The molecule has 1 unspecified atom stereocenters. The highest BCUT2D eigenvalue weighted by Crippen LogP contribution is 2.49. The van der Waals surface area contributed by atoms with Crippen LogP contribution in [0.2, 0.25) is 0 Å². The second-order valence-corrected chi connectivity index (χ2v) is 15.9. The van der Waals surface area contributed by atoms with E-state index in [9.17, 15) is 0 Å². The summed E-state index contributed by atoms with van der Waals surface area (Å²) in [6.45, 7) is -0.167. The van der Waals surface area contributed by atoms with Crippen LogP contribution in [-0.4, -0.2) is 15.8 Å². The molecule has 3 aliphatic rings. The van der Waals surface area contributed by atoms with Gasteiger partial charge in [0.1, 0.15) is 23.0 Å². The molecule has 0 fully saturated rings. The third-order valence-corrected chi connectivity index (χ3v) is 12.7. The monoisotopic (exact) mass is 754 g/mol. The molecule has 2 aliphatic heterocycles. The van der Waals surface area contributed by atoms with Gasteiger partial charge in [-0.1, -0.05) is 158 Å². The average Bonchev–Trinajstić information content (AvgIpc) is 3.82. The van der Waals surface area contributed by atoms with Crippen molar-refractivity contribution in [3.8, 4) is 50.9 Å². The van der Waals surface area contributed by atoms with Crippen LogP contribution < -0.4 is 25.9 Å². The van der Waals surface area contributed by atoms with E-state index in [4.69, 9.17) is 9.47 Å². The van der Waals surface area contributed by atoms with Crippen LogP contribution in [0.15, 0.2) is 194 Å². The topological polar surface area (TPSA) is 28.3 Å². The number of hydrogen-bond donors (Lipinski definition) is 0. The van der Waals surface area contributed by atoms with Crippen molar-refractivity contribution < 1.29 is 9.47 Å². The van der Waals surface area contributed by atoms with Crippen molar-refractivity contribution in [2.75, 3.05) is 0 Å². The van der Waals surface area contributed by atoms with Crippen LogP contribution in [0.25, 0.3) is 71.6 Å². The predicted octanol–water partition coefficient (Wildman–Crippen LogP) is 12.0. The Balaban J connectivity index is 1.18. The molecule has 1 atom stereocenters. The zero-order valence-corrected chi connectivity index (χ0v) is 32.0. The Morgan fingerprint density at radius 2 is 1.14 bits per heavy atom. The Labute approximate surface area is 341 Å². The molecule has 0 saturated carbocycles. The van der Waals surface area contributed by atoms with Crippen LogP contribution in [-0.2, 0) is 0 Å². The molecule has 0 bridgehead atoms. The largest absolute Gasteiger partial charge is 0.458 e. The van der Waals surface area contributed by atoms with E-state index in [-0.39, 0.29) is 12.8 Å². The van der Waals surface area contributed by atoms with Crippen molar-refractivity contribution in [1.82, 2.24) is 9.13 Å². The Kier molecular flexibility index (Phi) is 6.90. The first-order valence-electron chi connectivity index (χ1n) is 20.5. The van der Waals surface area contributed by atoms with E-state index in [0.717, 1.165) is 84.8 Å². The predicted molar refractivity (Wildman–Crippen MR) is 244 cm³/mol. The van der Waals surface area contributed by atoms with E-state index in [2.05, 4.69) is 203 Å². The first-order valence-corrected chi connectivity index (χ1v) is 20.5. The number of para-hydroxylation sites is 3. The fraction of sp³-hybridized carbons (Fsp3) is 0.0370. The highest BCUT2D eigenvalue weighted by Gasteiger charge is 2.44. The molecule has 8 aromatic carbocycles. The van der Waals surface area contributed by atoms with E-state index in [0.29, 0.717) is 0 Å². The first kappa shape index (κ1) is 32.6. The molecule has 276 valence electrons. The van der Waals surface area contributed by atoms with E-state index in [1.807, 2.05) is 0 Å². The normalized spacial score (nSPS) is 15.0. The van der Waals surface area contributed by atoms with Crippen LogP contribution >= 0.6 is 0 Å². The molecule has 0 amide bonds. The van der Waals surface area contributed by atoms with Gasteiger partial charge in [-0.25, -0.2) is 0 Å². The Hall–Kier alpha value is -7.50. The maximum atomic E-state index is 7.56. The summed E-state index contributed by atoms with van der Waals surface area (Å²) in [5, 5.41) is 4.83. The molecule has 0 N–H and O–H groups in total. The SMILES string of the molecule is C1=CCC(n2c3ccccc3c3ccc4c(c32)Oc2c(-c3ccccc3)cc(-c3ccccc3)c3c2B4c2cc4c5ccccc5n(-c5ccccc5)c4cc2O3)C=C1. The van der Waals surface area contributed by atoms with Crippen LogP contribution in [0.3, 0.4) is 0 Å². The van der Waals surface area contributed by atoms with E-state index in [1.54, 1.807) is 0 Å². The van der Waals surface area contributed by atoms with Crippen LogP contribution in [0.4, 0.5) is 0 Å². The molecule has 59 heavy (non-hydrogen) atoms. The van der Waals surface area contributed by atoms with Gasteiger partial charge in [0.2, 0.25) is 0 Å². The molecule has 13 rings (SSSR count). The van der Waals surface area contributed by atoms with Gasteiger partial charge in [0.05, 0.1) is 22.6 Å². The number of ether oxygens (including phenoxy) is 2. The smallest absolute Gasteiger partial charge is 0.260 e. The van der Waals surface area contributed by atoms with Crippen LogP contribution in [0.5, 0.6) is 23.0 Å². The fourth-order valence-corrected chi connectivity index (χ4v) is 10.2. The van der Waals surface area contributed by atoms with Crippen molar-refractivity contribution in [1.29, 1.82) is 0 Å². The van der Waals surface area contributed by atoms with Crippen LogP contribution in [0, 0.1) is 0 Å². The summed E-state index contributed by atoms with van der Waals surface area (Å²) >= 11 is 0. The summed E-state index contributed by atoms with van der Waals surface area (Å²) in [4.78, 5) is 0. The maximum absolute atomic E-state index is 7.56. The molecule has 1 aliphatic carbocycles. The Morgan fingerprint density at radius 1 is 0.492 bits per heavy atom. The van der Waals surface area contributed by atoms with Crippen molar-refractivity contribution in [3.05, 3.63) is 194 Å². The van der Waals surface area contributed by atoms with E-state index in [1.165, 1.54) is 32.6 Å². The standard InChI is InChI=1S/C54H35BN2O2/c1-5-17-34(18-6-1)41-31-42(35-19-7-2-8-20-35)53-50-52(41)58-49-33-48-43(39-26-14-15-27-46(39)56(48)36-21-9-3-10-22-36)32-45(49)55(50)44-30-29-40-38-25-13-16-28-47(38)57(51(40)54(44)59-53)37-23-11-4-12-24-37/h1-23,25-33,37H,24H2. The molecule has 0 spiro atoms. The fourth-order valence-electron chi connectivity index (χ4n) is 10.2. The molecule has 10 aromatic rings. The number of fused-ring (bicyclic) bond motifs is 11. The zero-order valence-electron chi connectivity index (χ0n) is 32.0. The molecule has 4 nitrogen and oxygen atoms in total. The van der Waals surface area contributed by atoms with Gasteiger partial charge in [-0.3, -0.25) is 0 Å². The van der Waals surface area contributed by atoms with E-state index < -0.39 is 0 Å². The van der Waals surface area contributed by atoms with Crippen molar-refractivity contribution >= 4 is 66.7 Å². The summed E-state index contributed by atoms with van der Waals surface area (Å²) in [5.41, 5.74) is 13.4. The van der Waals surface area contributed by atoms with Crippen molar-refractivity contribution in [2.45, 2.75) is 12.5 Å². The molecular weight excluding hydrogens is 719 g/mol. The molecule has 4 heterocycles. The lowest BCUT2D eigenvalue weighted by atomic mass is 9.34. The quantitative estimate of drug-likeness (QED) is 0.167. The highest BCUT2D eigenvalue weighted by atomic mass is 16.5. The summed E-state index contributed by atoms with van der Waals surface area (Å²) in [7, 11) is 0. The molecule has 5 heteroatoms. The lowest BCUT2D eigenvalue weighted by Gasteiger charge is -2.36. The second-order valence-electron chi connectivity index (χ2n) is 15.9. The number of aromatic nitrogens is 2. The van der Waals surface area contributed by atoms with Crippen molar-refractivity contribution in [2.24, 2.45) is 0 Å². The number of nitrogens with zero attached hydrogens (tertiary/aromatic N) is 2. The maximum Gasteiger partial charge on any atom is 0.260 e. The molecule has 2 aromatic heterocycles. The first-order chi connectivity index (χ1) is 29.3. The van der Waals surface area contributed by atoms with Gasteiger partial charge < -0.3 is 18.6 Å². The third-order valence-electron chi connectivity index (χ3n) is 12.7. The Morgan fingerprint density at radius 3 is 1.85 bits per heavy atom. The lowest BCUT2D eigenvalue weighted by Crippen LogP contribution is -2.57. The molecular formula is C54H35BN2O2. The van der Waals surface area contributed by atoms with Crippen molar-refractivity contribution in [3.63, 3.8) is 0 Å². The summed E-state index contributed by atoms with van der Waals surface area (Å²) in [6.07, 6.45) is 9.84. The average molecular weight is 755 g/mol. The summed E-state index contributed by atoms with van der Waals surface area (Å²) in [6, 6.07) is 61.3. The number of benzene rings is 8. The van der Waals surface area contributed by atoms with Gasteiger partial charge in [0.15, 0.2) is 0 Å². The van der Waals surface area contributed by atoms with Gasteiger partial charge in [-0.15, -0.1) is 0 Å². The third kappa shape index (κ3) is 4.67. The van der Waals surface area contributed by atoms with Gasteiger partial charge in [-0.05, 0) is 58.8 Å². The second kappa shape index (κ2) is 12.5. The van der Waals surface area contributed by atoms with Gasteiger partial charge in [0.25, 0.3) is 6.71 Å². The minimum absolute atomic E-state index is 0.147. The van der Waals surface area contributed by atoms with Gasteiger partial charge in [0, 0.05) is 55.4 Å². The lowest BCUT2D eigenvalue weighted by molar-refractivity contribution is 0.467. The van der Waals surface area contributed by atoms with Gasteiger partial charge in [-0.2, -0.15) is 0 Å².